The summed E-state index contributed by atoms with van der Waals surface area (Å²) in [7, 11) is 0. The number of aryl methyl sites for hydroxylation is 1. The molecule has 2 atom stereocenters. The molecule has 1 saturated heterocycles. The van der Waals surface area contributed by atoms with Crippen LogP contribution in [-0.2, 0) is 11.2 Å². The molecule has 0 saturated carbocycles. The summed E-state index contributed by atoms with van der Waals surface area (Å²) in [5.74, 6) is 0. The lowest BCUT2D eigenvalue weighted by Crippen LogP contribution is -2.20. The zero-order chi connectivity index (χ0) is 10.7. The summed E-state index contributed by atoms with van der Waals surface area (Å²) in [6.45, 7) is 2.97. The SMILES string of the molecule is CCc1ccccc1C1CC(Cl)CCO1. The number of halogens is 1. The lowest BCUT2D eigenvalue weighted by Gasteiger charge is -2.27. The van der Waals surface area contributed by atoms with E-state index >= 15 is 0 Å². The lowest BCUT2D eigenvalue weighted by molar-refractivity contribution is 0.0164. The Kier molecular flexibility index (Phi) is 3.66. The van der Waals surface area contributed by atoms with E-state index in [1.165, 1.54) is 11.1 Å². The number of hydrogen-bond donors (Lipinski definition) is 0. The van der Waals surface area contributed by atoms with Crippen LogP contribution in [0, 0.1) is 0 Å². The van der Waals surface area contributed by atoms with Gasteiger partial charge in [-0.1, -0.05) is 31.2 Å². The molecule has 1 nitrogen and oxygen atoms in total. The zero-order valence-electron chi connectivity index (χ0n) is 9.08. The van der Waals surface area contributed by atoms with Gasteiger partial charge in [-0.2, -0.15) is 0 Å². The summed E-state index contributed by atoms with van der Waals surface area (Å²) in [5, 5.41) is 0.272. The van der Waals surface area contributed by atoms with Crippen LogP contribution in [0.5, 0.6) is 0 Å². The van der Waals surface area contributed by atoms with E-state index in [4.69, 9.17) is 16.3 Å². The minimum Gasteiger partial charge on any atom is -0.373 e. The van der Waals surface area contributed by atoms with Gasteiger partial charge in [0, 0.05) is 12.0 Å². The topological polar surface area (TPSA) is 9.23 Å². The number of rotatable bonds is 2. The molecule has 1 aliphatic rings. The van der Waals surface area contributed by atoms with Gasteiger partial charge in [-0.3, -0.25) is 0 Å². The second kappa shape index (κ2) is 5.00. The molecule has 1 fully saturated rings. The molecular formula is C13H17ClO. The summed E-state index contributed by atoms with van der Waals surface area (Å²) in [4.78, 5) is 0. The van der Waals surface area contributed by atoms with Crippen LogP contribution in [-0.4, -0.2) is 12.0 Å². The minimum atomic E-state index is 0.206. The zero-order valence-corrected chi connectivity index (χ0v) is 9.83. The van der Waals surface area contributed by atoms with E-state index in [1.54, 1.807) is 0 Å². The maximum absolute atomic E-state index is 6.18. The molecule has 1 aromatic carbocycles. The van der Waals surface area contributed by atoms with Crippen molar-refractivity contribution < 1.29 is 4.74 Å². The number of alkyl halides is 1. The van der Waals surface area contributed by atoms with Gasteiger partial charge in [0.2, 0.25) is 0 Å². The lowest BCUT2D eigenvalue weighted by atomic mass is 9.95. The van der Waals surface area contributed by atoms with E-state index in [2.05, 4.69) is 31.2 Å². The molecule has 2 rings (SSSR count). The highest BCUT2D eigenvalue weighted by molar-refractivity contribution is 6.20. The highest BCUT2D eigenvalue weighted by Gasteiger charge is 2.23. The Morgan fingerprint density at radius 1 is 1.40 bits per heavy atom. The van der Waals surface area contributed by atoms with Crippen molar-refractivity contribution in [2.75, 3.05) is 6.61 Å². The van der Waals surface area contributed by atoms with Crippen molar-refractivity contribution in [1.29, 1.82) is 0 Å². The first kappa shape index (κ1) is 11.0. The van der Waals surface area contributed by atoms with Gasteiger partial charge in [0.15, 0.2) is 0 Å². The van der Waals surface area contributed by atoms with Gasteiger partial charge in [0.25, 0.3) is 0 Å². The second-order valence-corrected chi connectivity index (χ2v) is 4.65. The van der Waals surface area contributed by atoms with Crippen LogP contribution in [0.4, 0.5) is 0 Å². The summed E-state index contributed by atoms with van der Waals surface area (Å²) in [6, 6.07) is 8.51. The van der Waals surface area contributed by atoms with E-state index in [9.17, 15) is 0 Å². The fourth-order valence-electron chi connectivity index (χ4n) is 2.14. The molecule has 15 heavy (non-hydrogen) atoms. The third kappa shape index (κ3) is 2.53. The van der Waals surface area contributed by atoms with E-state index in [0.29, 0.717) is 0 Å². The minimum absolute atomic E-state index is 0.206. The van der Waals surface area contributed by atoms with Crippen LogP contribution in [0.2, 0.25) is 0 Å². The Morgan fingerprint density at radius 2 is 2.20 bits per heavy atom. The fourth-order valence-corrected chi connectivity index (χ4v) is 2.39. The molecule has 0 N–H and O–H groups in total. The smallest absolute Gasteiger partial charge is 0.0841 e. The molecule has 0 spiro atoms. The van der Waals surface area contributed by atoms with Crippen molar-refractivity contribution in [3.63, 3.8) is 0 Å². The van der Waals surface area contributed by atoms with Gasteiger partial charge in [0.05, 0.1) is 6.10 Å². The van der Waals surface area contributed by atoms with Gasteiger partial charge in [-0.25, -0.2) is 0 Å². The average molecular weight is 225 g/mol. The molecule has 1 aliphatic heterocycles. The van der Waals surface area contributed by atoms with Crippen LogP contribution in [0.1, 0.15) is 37.0 Å². The Morgan fingerprint density at radius 3 is 2.93 bits per heavy atom. The fraction of sp³-hybridized carbons (Fsp3) is 0.538. The maximum Gasteiger partial charge on any atom is 0.0841 e. The number of hydrogen-bond acceptors (Lipinski definition) is 1. The molecule has 0 aromatic heterocycles. The number of ether oxygens (including phenoxy) is 1. The summed E-state index contributed by atoms with van der Waals surface area (Å²) in [6.07, 6.45) is 3.19. The highest BCUT2D eigenvalue weighted by atomic mass is 35.5. The van der Waals surface area contributed by atoms with Gasteiger partial charge in [-0.15, -0.1) is 11.6 Å². The number of benzene rings is 1. The Balaban J connectivity index is 2.20. The Labute approximate surface area is 96.4 Å². The van der Waals surface area contributed by atoms with Gasteiger partial charge in [-0.05, 0) is 30.4 Å². The Bertz CT molecular complexity index is 324. The summed E-state index contributed by atoms with van der Waals surface area (Å²) in [5.41, 5.74) is 2.71. The van der Waals surface area contributed by atoms with Gasteiger partial charge < -0.3 is 4.74 Å². The first-order chi connectivity index (χ1) is 7.31. The first-order valence-electron chi connectivity index (χ1n) is 5.64. The second-order valence-electron chi connectivity index (χ2n) is 4.03. The normalized spacial score (nSPS) is 26.5. The summed E-state index contributed by atoms with van der Waals surface area (Å²) >= 11 is 6.18. The van der Waals surface area contributed by atoms with Crippen molar-refractivity contribution in [3.05, 3.63) is 35.4 Å². The van der Waals surface area contributed by atoms with E-state index in [-0.39, 0.29) is 11.5 Å². The van der Waals surface area contributed by atoms with Crippen molar-refractivity contribution >= 4 is 11.6 Å². The van der Waals surface area contributed by atoms with Crippen LogP contribution in [0.25, 0.3) is 0 Å². The Hall–Kier alpha value is -0.530. The van der Waals surface area contributed by atoms with Crippen LogP contribution in [0.3, 0.4) is 0 Å². The maximum atomic E-state index is 6.18. The quantitative estimate of drug-likeness (QED) is 0.696. The largest absolute Gasteiger partial charge is 0.373 e. The van der Waals surface area contributed by atoms with Crippen molar-refractivity contribution in [1.82, 2.24) is 0 Å². The predicted octanol–water partition coefficient (Wildman–Crippen LogP) is 3.71. The molecule has 0 bridgehead atoms. The molecular weight excluding hydrogens is 208 g/mol. The third-order valence-corrected chi connectivity index (χ3v) is 3.40. The molecule has 0 amide bonds. The molecule has 0 aliphatic carbocycles. The summed E-state index contributed by atoms with van der Waals surface area (Å²) < 4.78 is 5.79. The van der Waals surface area contributed by atoms with Crippen LogP contribution in [0.15, 0.2) is 24.3 Å². The van der Waals surface area contributed by atoms with Crippen LogP contribution < -0.4 is 0 Å². The van der Waals surface area contributed by atoms with Crippen molar-refractivity contribution in [2.24, 2.45) is 0 Å². The standard InChI is InChI=1S/C13H17ClO/c1-2-10-5-3-4-6-12(10)13-9-11(14)7-8-15-13/h3-6,11,13H,2,7-9H2,1H3. The van der Waals surface area contributed by atoms with E-state index in [0.717, 1.165) is 25.9 Å². The van der Waals surface area contributed by atoms with E-state index in [1.807, 2.05) is 0 Å². The molecule has 1 aromatic rings. The molecule has 1 heterocycles. The average Bonchev–Trinajstić information content (AvgIpc) is 2.29. The predicted molar refractivity (Wildman–Crippen MR) is 63.4 cm³/mol. The van der Waals surface area contributed by atoms with Crippen LogP contribution >= 0.6 is 11.6 Å². The molecule has 82 valence electrons. The third-order valence-electron chi connectivity index (χ3n) is 3.00. The highest BCUT2D eigenvalue weighted by Crippen LogP contribution is 2.32. The van der Waals surface area contributed by atoms with Crippen molar-refractivity contribution in [2.45, 2.75) is 37.7 Å². The molecule has 2 heteroatoms. The van der Waals surface area contributed by atoms with Crippen molar-refractivity contribution in [3.8, 4) is 0 Å². The molecule has 0 radical (unpaired) electrons. The van der Waals surface area contributed by atoms with Gasteiger partial charge >= 0.3 is 0 Å². The molecule has 2 unspecified atom stereocenters. The van der Waals surface area contributed by atoms with Gasteiger partial charge in [0.1, 0.15) is 0 Å². The van der Waals surface area contributed by atoms with E-state index < -0.39 is 0 Å². The monoisotopic (exact) mass is 224 g/mol. The first-order valence-corrected chi connectivity index (χ1v) is 6.08.